The van der Waals surface area contributed by atoms with Gasteiger partial charge in [-0.15, -0.1) is 0 Å². The molecule has 2 aromatic carbocycles. The van der Waals surface area contributed by atoms with Crippen LogP contribution in [-0.4, -0.2) is 13.6 Å². The molecule has 1 N–H and O–H groups in total. The highest BCUT2D eigenvalue weighted by atomic mass is 35.5. The molecular weight excluding hydrogens is 258 g/mol. The maximum Gasteiger partial charge on any atom is 0.0954 e. The predicted molar refractivity (Wildman–Crippen MR) is 79.4 cm³/mol. The van der Waals surface area contributed by atoms with Crippen molar-refractivity contribution in [3.05, 3.63) is 70.7 Å². The number of halogens is 1. The van der Waals surface area contributed by atoms with Gasteiger partial charge in [0.15, 0.2) is 0 Å². The molecule has 0 saturated heterocycles. The second-order valence-electron chi connectivity index (χ2n) is 4.40. The van der Waals surface area contributed by atoms with Gasteiger partial charge in [0.1, 0.15) is 0 Å². The number of hydrogen-bond acceptors (Lipinski definition) is 2. The van der Waals surface area contributed by atoms with Crippen molar-refractivity contribution in [3.63, 3.8) is 0 Å². The molecular formula is C16H18ClNO. The molecule has 0 aromatic heterocycles. The number of ether oxygens (including phenoxy) is 1. The lowest BCUT2D eigenvalue weighted by Gasteiger charge is -2.18. The SMILES string of the molecule is CNCC(OCc1ccccc1)c1cccc(Cl)c1. The minimum Gasteiger partial charge on any atom is -0.368 e. The van der Waals surface area contributed by atoms with E-state index in [-0.39, 0.29) is 6.10 Å². The Balaban J connectivity index is 2.04. The Morgan fingerprint density at radius 2 is 1.89 bits per heavy atom. The second kappa shape index (κ2) is 7.29. The van der Waals surface area contributed by atoms with Crippen molar-refractivity contribution in [1.29, 1.82) is 0 Å². The lowest BCUT2D eigenvalue weighted by Crippen LogP contribution is -2.19. The summed E-state index contributed by atoms with van der Waals surface area (Å²) >= 11 is 6.03. The van der Waals surface area contributed by atoms with E-state index in [1.54, 1.807) is 0 Å². The molecule has 0 fully saturated rings. The van der Waals surface area contributed by atoms with Gasteiger partial charge in [0, 0.05) is 11.6 Å². The maximum absolute atomic E-state index is 6.03. The van der Waals surface area contributed by atoms with Crippen LogP contribution in [0.4, 0.5) is 0 Å². The molecule has 2 aromatic rings. The molecule has 0 aliphatic carbocycles. The topological polar surface area (TPSA) is 21.3 Å². The summed E-state index contributed by atoms with van der Waals surface area (Å²) in [6.07, 6.45) is 0.00362. The van der Waals surface area contributed by atoms with Crippen molar-refractivity contribution < 1.29 is 4.74 Å². The van der Waals surface area contributed by atoms with Crippen LogP contribution in [0.5, 0.6) is 0 Å². The van der Waals surface area contributed by atoms with Gasteiger partial charge in [0.05, 0.1) is 12.7 Å². The van der Waals surface area contributed by atoms with Gasteiger partial charge in [0.25, 0.3) is 0 Å². The van der Waals surface area contributed by atoms with E-state index >= 15 is 0 Å². The fourth-order valence-corrected chi connectivity index (χ4v) is 2.14. The molecule has 100 valence electrons. The molecule has 0 saturated carbocycles. The molecule has 0 amide bonds. The van der Waals surface area contributed by atoms with E-state index in [1.165, 1.54) is 5.56 Å². The van der Waals surface area contributed by atoms with Gasteiger partial charge in [0.2, 0.25) is 0 Å². The minimum absolute atomic E-state index is 0.00362. The Labute approximate surface area is 119 Å². The van der Waals surface area contributed by atoms with Gasteiger partial charge >= 0.3 is 0 Å². The van der Waals surface area contributed by atoms with E-state index in [2.05, 4.69) is 17.4 Å². The van der Waals surface area contributed by atoms with Crippen LogP contribution in [0.1, 0.15) is 17.2 Å². The third-order valence-electron chi connectivity index (χ3n) is 2.90. The summed E-state index contributed by atoms with van der Waals surface area (Å²) in [5.41, 5.74) is 2.27. The normalized spacial score (nSPS) is 12.3. The van der Waals surface area contributed by atoms with E-state index in [0.717, 1.165) is 17.1 Å². The minimum atomic E-state index is 0.00362. The summed E-state index contributed by atoms with van der Waals surface area (Å²) in [5, 5.41) is 3.89. The molecule has 1 unspecified atom stereocenters. The molecule has 19 heavy (non-hydrogen) atoms. The first-order chi connectivity index (χ1) is 9.29. The van der Waals surface area contributed by atoms with Gasteiger partial charge in [-0.1, -0.05) is 54.1 Å². The second-order valence-corrected chi connectivity index (χ2v) is 4.83. The fourth-order valence-electron chi connectivity index (χ4n) is 1.94. The summed E-state index contributed by atoms with van der Waals surface area (Å²) in [6, 6.07) is 18.0. The predicted octanol–water partition coefficient (Wildman–Crippen LogP) is 3.82. The zero-order valence-corrected chi connectivity index (χ0v) is 11.7. The summed E-state index contributed by atoms with van der Waals surface area (Å²) in [7, 11) is 1.92. The van der Waals surface area contributed by atoms with Crippen molar-refractivity contribution in [2.45, 2.75) is 12.7 Å². The molecule has 0 aliphatic rings. The van der Waals surface area contributed by atoms with Gasteiger partial charge in [-0.2, -0.15) is 0 Å². The summed E-state index contributed by atoms with van der Waals surface area (Å²) in [4.78, 5) is 0. The van der Waals surface area contributed by atoms with Crippen LogP contribution in [0.2, 0.25) is 5.02 Å². The first-order valence-corrected chi connectivity index (χ1v) is 6.73. The van der Waals surface area contributed by atoms with Gasteiger partial charge in [-0.3, -0.25) is 0 Å². The zero-order valence-electron chi connectivity index (χ0n) is 11.0. The lowest BCUT2D eigenvalue weighted by atomic mass is 10.1. The van der Waals surface area contributed by atoms with Crippen LogP contribution in [0.25, 0.3) is 0 Å². The van der Waals surface area contributed by atoms with Crippen molar-refractivity contribution in [1.82, 2.24) is 5.32 Å². The van der Waals surface area contributed by atoms with E-state index < -0.39 is 0 Å². The van der Waals surface area contributed by atoms with E-state index in [4.69, 9.17) is 16.3 Å². The Kier molecular flexibility index (Phi) is 5.40. The highest BCUT2D eigenvalue weighted by Crippen LogP contribution is 2.21. The zero-order chi connectivity index (χ0) is 13.5. The van der Waals surface area contributed by atoms with E-state index in [1.807, 2.05) is 49.5 Å². The summed E-state index contributed by atoms with van der Waals surface area (Å²) in [5.74, 6) is 0. The monoisotopic (exact) mass is 275 g/mol. The Morgan fingerprint density at radius 3 is 2.58 bits per heavy atom. The number of rotatable bonds is 6. The molecule has 0 radical (unpaired) electrons. The number of likely N-dealkylation sites (N-methyl/N-ethyl adjacent to an activating group) is 1. The van der Waals surface area contributed by atoms with E-state index in [0.29, 0.717) is 6.61 Å². The summed E-state index contributed by atoms with van der Waals surface area (Å²) < 4.78 is 5.99. The number of hydrogen-bond donors (Lipinski definition) is 1. The van der Waals surface area contributed by atoms with Gasteiger partial charge < -0.3 is 10.1 Å². The standard InChI is InChI=1S/C16H18ClNO/c1-18-11-16(14-8-5-9-15(17)10-14)19-12-13-6-3-2-4-7-13/h2-10,16,18H,11-12H2,1H3. The number of nitrogens with one attached hydrogen (secondary N) is 1. The van der Waals surface area contributed by atoms with Crippen LogP contribution >= 0.6 is 11.6 Å². The maximum atomic E-state index is 6.03. The molecule has 0 heterocycles. The lowest BCUT2D eigenvalue weighted by molar-refractivity contribution is 0.0411. The molecule has 0 spiro atoms. The van der Waals surface area contributed by atoms with E-state index in [9.17, 15) is 0 Å². The Morgan fingerprint density at radius 1 is 1.11 bits per heavy atom. The average Bonchev–Trinajstić information content (AvgIpc) is 2.44. The highest BCUT2D eigenvalue weighted by molar-refractivity contribution is 6.30. The van der Waals surface area contributed by atoms with Crippen LogP contribution in [0.3, 0.4) is 0 Å². The molecule has 0 bridgehead atoms. The van der Waals surface area contributed by atoms with Crippen LogP contribution in [0, 0.1) is 0 Å². The van der Waals surface area contributed by atoms with Crippen molar-refractivity contribution in [3.8, 4) is 0 Å². The third-order valence-corrected chi connectivity index (χ3v) is 3.14. The van der Waals surface area contributed by atoms with Crippen molar-refractivity contribution in [2.75, 3.05) is 13.6 Å². The van der Waals surface area contributed by atoms with Crippen LogP contribution in [-0.2, 0) is 11.3 Å². The largest absolute Gasteiger partial charge is 0.368 e. The van der Waals surface area contributed by atoms with Crippen LogP contribution < -0.4 is 5.32 Å². The first kappa shape index (κ1) is 14.1. The molecule has 2 nitrogen and oxygen atoms in total. The van der Waals surface area contributed by atoms with Crippen LogP contribution in [0.15, 0.2) is 54.6 Å². The van der Waals surface area contributed by atoms with Gasteiger partial charge in [-0.25, -0.2) is 0 Å². The molecule has 3 heteroatoms. The molecule has 1 atom stereocenters. The fraction of sp³-hybridized carbons (Fsp3) is 0.250. The smallest absolute Gasteiger partial charge is 0.0954 e. The number of benzene rings is 2. The quantitative estimate of drug-likeness (QED) is 0.865. The summed E-state index contributed by atoms with van der Waals surface area (Å²) in [6.45, 7) is 1.35. The average molecular weight is 276 g/mol. The highest BCUT2D eigenvalue weighted by Gasteiger charge is 2.11. The van der Waals surface area contributed by atoms with Crippen molar-refractivity contribution in [2.24, 2.45) is 0 Å². The Hall–Kier alpha value is -1.35. The molecule has 0 aliphatic heterocycles. The first-order valence-electron chi connectivity index (χ1n) is 6.35. The third kappa shape index (κ3) is 4.35. The van der Waals surface area contributed by atoms with Crippen molar-refractivity contribution >= 4 is 11.6 Å². The van der Waals surface area contributed by atoms with Gasteiger partial charge in [-0.05, 0) is 30.3 Å². The Bertz CT molecular complexity index is 501. The molecule has 2 rings (SSSR count).